The van der Waals surface area contributed by atoms with Crippen molar-refractivity contribution in [2.75, 3.05) is 0 Å². The van der Waals surface area contributed by atoms with E-state index in [2.05, 4.69) is 158 Å². The van der Waals surface area contributed by atoms with E-state index in [-0.39, 0.29) is 29.9 Å². The first kappa shape index (κ1) is 25.1. The standard InChI is InChI=1S/C38H26OSe2/c1-3-15-27(16-4-1)37(29-19-7-11-23-33(29)40-34-24-12-8-20-30(34)37)39-38(28-17-5-2-6-18-28)31-21-9-13-25-35(31)41-36-26-14-10-22-32(36)38/h1-26H. The van der Waals surface area contributed by atoms with Crippen LogP contribution in [0, 0.1) is 0 Å². The summed E-state index contributed by atoms with van der Waals surface area (Å²) >= 11 is 0.362. The molecule has 41 heavy (non-hydrogen) atoms. The summed E-state index contributed by atoms with van der Waals surface area (Å²) in [6.45, 7) is 0. The third kappa shape index (κ3) is 3.78. The van der Waals surface area contributed by atoms with Crippen molar-refractivity contribution >= 4 is 47.8 Å². The van der Waals surface area contributed by atoms with Crippen LogP contribution in [0.5, 0.6) is 0 Å². The number of fused-ring (bicyclic) bond motifs is 4. The van der Waals surface area contributed by atoms with Crippen LogP contribution < -0.4 is 17.8 Å². The van der Waals surface area contributed by atoms with Crippen LogP contribution in [-0.4, -0.2) is 29.9 Å². The third-order valence-corrected chi connectivity index (χ3v) is 13.0. The van der Waals surface area contributed by atoms with Gasteiger partial charge < -0.3 is 0 Å². The van der Waals surface area contributed by atoms with E-state index in [1.165, 1.54) is 40.1 Å². The van der Waals surface area contributed by atoms with Crippen LogP contribution >= 0.6 is 0 Å². The molecule has 0 bridgehead atoms. The number of rotatable bonds is 4. The Balaban J connectivity index is 1.54. The van der Waals surface area contributed by atoms with Crippen molar-refractivity contribution in [1.82, 2.24) is 0 Å². The van der Waals surface area contributed by atoms with Gasteiger partial charge in [0.25, 0.3) is 0 Å². The van der Waals surface area contributed by atoms with E-state index in [4.69, 9.17) is 4.74 Å². The van der Waals surface area contributed by atoms with Crippen LogP contribution in [-0.2, 0) is 15.9 Å². The van der Waals surface area contributed by atoms with Crippen molar-refractivity contribution in [3.05, 3.63) is 191 Å². The maximum absolute atomic E-state index is 8.21. The zero-order valence-corrected chi connectivity index (χ0v) is 25.7. The molecule has 2 aliphatic rings. The fraction of sp³-hybridized carbons (Fsp3) is 0.0526. The molecule has 0 fully saturated rings. The molecule has 1 nitrogen and oxygen atoms in total. The average Bonchev–Trinajstić information content (AvgIpc) is 3.05. The molecule has 2 aliphatic heterocycles. The second-order valence-electron chi connectivity index (χ2n) is 10.4. The summed E-state index contributed by atoms with van der Waals surface area (Å²) in [7, 11) is 0. The molecular formula is C38H26OSe2. The summed E-state index contributed by atoms with van der Waals surface area (Å²) in [4.78, 5) is 0. The summed E-state index contributed by atoms with van der Waals surface area (Å²) in [5.41, 5.74) is 5.62. The Morgan fingerprint density at radius 2 is 0.585 bits per heavy atom. The van der Waals surface area contributed by atoms with Gasteiger partial charge in [0.05, 0.1) is 0 Å². The fourth-order valence-corrected chi connectivity index (χ4v) is 11.4. The summed E-state index contributed by atoms with van der Waals surface area (Å²) < 4.78 is 13.7. The molecule has 0 radical (unpaired) electrons. The van der Waals surface area contributed by atoms with Crippen LogP contribution in [0.1, 0.15) is 33.4 Å². The third-order valence-electron chi connectivity index (χ3n) is 8.17. The molecule has 0 aliphatic carbocycles. The van der Waals surface area contributed by atoms with E-state index in [1.54, 1.807) is 0 Å². The predicted octanol–water partition coefficient (Wildman–Crippen LogP) is 4.92. The Bertz CT molecular complexity index is 1650. The van der Waals surface area contributed by atoms with Gasteiger partial charge in [0.15, 0.2) is 0 Å². The monoisotopic (exact) mass is 658 g/mol. The van der Waals surface area contributed by atoms with E-state index in [1.807, 2.05) is 0 Å². The van der Waals surface area contributed by atoms with Crippen molar-refractivity contribution in [3.8, 4) is 0 Å². The summed E-state index contributed by atoms with van der Waals surface area (Å²) in [5.74, 6) is 0. The van der Waals surface area contributed by atoms with E-state index < -0.39 is 11.2 Å². The molecule has 196 valence electrons. The molecule has 2 heterocycles. The molecule has 0 N–H and O–H groups in total. The Labute approximate surface area is 253 Å². The van der Waals surface area contributed by atoms with Crippen LogP contribution in [0.3, 0.4) is 0 Å². The van der Waals surface area contributed by atoms with Crippen molar-refractivity contribution in [1.29, 1.82) is 0 Å². The van der Waals surface area contributed by atoms with Gasteiger partial charge in [-0.1, -0.05) is 0 Å². The number of benzene rings is 6. The topological polar surface area (TPSA) is 9.23 Å². The van der Waals surface area contributed by atoms with Crippen LogP contribution in [0.15, 0.2) is 158 Å². The van der Waals surface area contributed by atoms with Gasteiger partial charge in [-0.15, -0.1) is 0 Å². The van der Waals surface area contributed by atoms with Gasteiger partial charge in [-0.05, 0) is 0 Å². The first-order valence-electron chi connectivity index (χ1n) is 13.9. The molecule has 0 saturated heterocycles. The van der Waals surface area contributed by atoms with Gasteiger partial charge in [-0.2, -0.15) is 0 Å². The van der Waals surface area contributed by atoms with Crippen molar-refractivity contribution in [2.45, 2.75) is 11.2 Å². The first-order valence-corrected chi connectivity index (χ1v) is 17.3. The Hall–Kier alpha value is -3.68. The molecule has 6 aromatic rings. The van der Waals surface area contributed by atoms with Crippen molar-refractivity contribution < 1.29 is 4.74 Å². The van der Waals surface area contributed by atoms with Gasteiger partial charge in [0, 0.05) is 0 Å². The van der Waals surface area contributed by atoms with E-state index >= 15 is 0 Å². The summed E-state index contributed by atoms with van der Waals surface area (Å²) in [6, 6.07) is 57.5. The van der Waals surface area contributed by atoms with Crippen LogP contribution in [0.25, 0.3) is 0 Å². The molecule has 0 amide bonds. The molecule has 3 heteroatoms. The normalized spacial score (nSPS) is 15.6. The van der Waals surface area contributed by atoms with Gasteiger partial charge in [-0.3, -0.25) is 0 Å². The van der Waals surface area contributed by atoms with E-state index in [0.29, 0.717) is 0 Å². The van der Waals surface area contributed by atoms with Gasteiger partial charge in [-0.25, -0.2) is 0 Å². The fourth-order valence-electron chi connectivity index (χ4n) is 6.45. The Morgan fingerprint density at radius 3 is 0.902 bits per heavy atom. The van der Waals surface area contributed by atoms with E-state index in [9.17, 15) is 0 Å². The van der Waals surface area contributed by atoms with E-state index in [0.717, 1.165) is 11.1 Å². The van der Waals surface area contributed by atoms with Crippen molar-refractivity contribution in [2.24, 2.45) is 0 Å². The van der Waals surface area contributed by atoms with Gasteiger partial charge in [0.1, 0.15) is 0 Å². The summed E-state index contributed by atoms with van der Waals surface area (Å²) in [5, 5.41) is 0. The zero-order valence-electron chi connectivity index (χ0n) is 22.2. The minimum atomic E-state index is -0.825. The molecular weight excluding hydrogens is 630 g/mol. The first-order chi connectivity index (χ1) is 20.3. The molecule has 6 aromatic carbocycles. The Morgan fingerprint density at radius 1 is 0.317 bits per heavy atom. The van der Waals surface area contributed by atoms with Crippen LogP contribution in [0.2, 0.25) is 0 Å². The Kier molecular flexibility index (Phi) is 6.11. The van der Waals surface area contributed by atoms with Crippen molar-refractivity contribution in [3.63, 3.8) is 0 Å². The molecule has 0 aromatic heterocycles. The maximum atomic E-state index is 8.21. The molecule has 0 saturated carbocycles. The van der Waals surface area contributed by atoms with Gasteiger partial charge in [0.2, 0.25) is 0 Å². The number of ether oxygens (including phenoxy) is 1. The molecule has 0 spiro atoms. The summed E-state index contributed by atoms with van der Waals surface area (Å²) in [6.07, 6.45) is 0. The molecule has 8 rings (SSSR count). The second-order valence-corrected chi connectivity index (χ2v) is 14.9. The molecule has 0 unspecified atom stereocenters. The second kappa shape index (κ2) is 10.00. The molecule has 0 atom stereocenters. The predicted molar refractivity (Wildman–Crippen MR) is 170 cm³/mol. The number of hydrogen-bond donors (Lipinski definition) is 0. The SMILES string of the molecule is c1ccc(C2(OC3(c4ccccc4)c4ccccc4[Se]c4ccccc43)c3ccccc3[Se]c3ccccc32)cc1. The van der Waals surface area contributed by atoms with Gasteiger partial charge >= 0.3 is 255 Å². The zero-order chi connectivity index (χ0) is 27.3. The quantitative estimate of drug-likeness (QED) is 0.245. The number of hydrogen-bond acceptors (Lipinski definition) is 1. The minimum absolute atomic E-state index is 0.181. The van der Waals surface area contributed by atoms with Crippen LogP contribution in [0.4, 0.5) is 0 Å². The average molecular weight is 657 g/mol.